The van der Waals surface area contributed by atoms with Crippen LogP contribution in [-0.4, -0.2) is 48.0 Å². The molecule has 1 atom stereocenters. The van der Waals surface area contributed by atoms with E-state index in [9.17, 15) is 0 Å². The largest absolute Gasteiger partial charge is 0.410 e. The summed E-state index contributed by atoms with van der Waals surface area (Å²) in [6, 6.07) is 2.51. The Hall–Kier alpha value is 1.01. The lowest BCUT2D eigenvalue weighted by Gasteiger charge is -2.32. The van der Waals surface area contributed by atoms with Gasteiger partial charge in [-0.05, 0) is 30.5 Å². The summed E-state index contributed by atoms with van der Waals surface area (Å²) in [5.41, 5.74) is 0. The predicted molar refractivity (Wildman–Crippen MR) is 77.5 cm³/mol. The van der Waals surface area contributed by atoms with Gasteiger partial charge in [-0.1, -0.05) is 0 Å². The molecular weight excluding hydrogens is 276 g/mol. The summed E-state index contributed by atoms with van der Waals surface area (Å²) in [6.45, 7) is 2.27. The lowest BCUT2D eigenvalue weighted by molar-refractivity contribution is 0.270. The molecule has 0 spiro atoms. The van der Waals surface area contributed by atoms with Crippen molar-refractivity contribution < 1.29 is 13.3 Å². The molecule has 0 aromatic heterocycles. The molecule has 0 aliphatic carbocycles. The number of hydrogen-bond donors (Lipinski definition) is 0. The summed E-state index contributed by atoms with van der Waals surface area (Å²) < 4.78 is 15.9. The van der Waals surface area contributed by atoms with Gasteiger partial charge in [-0.3, -0.25) is 0 Å². The molecule has 16 heavy (non-hydrogen) atoms. The molecule has 2 aliphatic heterocycles. The second-order valence-electron chi connectivity index (χ2n) is 3.98. The van der Waals surface area contributed by atoms with Crippen molar-refractivity contribution in [1.29, 1.82) is 0 Å². The topological polar surface area (TPSA) is 27.7 Å². The van der Waals surface area contributed by atoms with Gasteiger partial charge in [-0.2, -0.15) is 11.2 Å². The van der Waals surface area contributed by atoms with E-state index in [4.69, 9.17) is 13.3 Å². The van der Waals surface area contributed by atoms with Crippen LogP contribution in [0.25, 0.3) is 0 Å². The quantitative estimate of drug-likeness (QED) is 0.747. The minimum atomic E-state index is -1.66. The molecule has 2 aliphatic rings. The Morgan fingerprint density at radius 3 is 1.62 bits per heavy atom. The highest BCUT2D eigenvalue weighted by atomic mass is 32.4. The van der Waals surface area contributed by atoms with Gasteiger partial charge in [0.2, 0.25) is 0 Å². The maximum Gasteiger partial charge on any atom is 0.405 e. The predicted octanol–water partition coefficient (Wildman–Crippen LogP) is 2.81. The molecule has 96 valence electrons. The monoisotopic (exact) mass is 298 g/mol. The van der Waals surface area contributed by atoms with E-state index in [0.29, 0.717) is 0 Å². The molecule has 0 N–H and O–H groups in total. The summed E-state index contributed by atoms with van der Waals surface area (Å²) in [5, 5.41) is 0. The Morgan fingerprint density at radius 2 is 1.50 bits per heavy atom. The molecule has 3 nitrogen and oxygen atoms in total. The van der Waals surface area contributed by atoms with E-state index >= 15 is 0 Å². The lowest BCUT2D eigenvalue weighted by Crippen LogP contribution is -2.38. The zero-order valence-electron chi connectivity index (χ0n) is 10.6. The van der Waals surface area contributed by atoms with Gasteiger partial charge in [-0.15, -0.1) is 11.2 Å². The van der Waals surface area contributed by atoms with E-state index < -0.39 is 15.2 Å². The van der Waals surface area contributed by atoms with Gasteiger partial charge in [0.15, 0.2) is 0 Å². The fourth-order valence-corrected chi connectivity index (χ4v) is 10.7. The lowest BCUT2D eigenvalue weighted by atomic mass is 10.6. The highest BCUT2D eigenvalue weighted by Gasteiger charge is 2.40. The summed E-state index contributed by atoms with van der Waals surface area (Å²) in [4.78, 5) is 0. The molecule has 0 radical (unpaired) electrons. The van der Waals surface area contributed by atoms with Crippen LogP contribution in [0.3, 0.4) is 0 Å². The minimum absolute atomic E-state index is 1.05. The van der Waals surface area contributed by atoms with Crippen molar-refractivity contribution in [2.24, 2.45) is 0 Å². The van der Waals surface area contributed by atoms with Crippen molar-refractivity contribution in [3.05, 3.63) is 0 Å². The molecule has 7 heteroatoms. The summed E-state index contributed by atoms with van der Waals surface area (Å²) in [6.07, 6.45) is 1.26. The molecule has 0 aromatic rings. The highest BCUT2D eigenvalue weighted by Crippen LogP contribution is 2.36. The molecule has 2 rings (SSSR count). The van der Waals surface area contributed by atoms with Crippen molar-refractivity contribution in [2.75, 3.05) is 32.8 Å². The van der Waals surface area contributed by atoms with Crippen LogP contribution in [0, 0.1) is 0 Å². The first-order valence-electron chi connectivity index (χ1n) is 5.53. The molecule has 2 heterocycles. The van der Waals surface area contributed by atoms with Gasteiger partial charge < -0.3 is 13.3 Å². The molecule has 0 saturated carbocycles. The third-order valence-corrected chi connectivity index (χ3v) is 16.6. The van der Waals surface area contributed by atoms with Gasteiger partial charge in [0.05, 0.1) is 0 Å². The van der Waals surface area contributed by atoms with E-state index in [1.165, 1.54) is 24.0 Å². The highest BCUT2D eigenvalue weighted by molar-refractivity contribution is 8.30. The SMILES string of the molecule is CO[Si]1(C)CCS1.CO[Si]1(OC)CCCS1. The van der Waals surface area contributed by atoms with Crippen molar-refractivity contribution >= 4 is 37.6 Å². The van der Waals surface area contributed by atoms with Crippen LogP contribution in [0.5, 0.6) is 0 Å². The van der Waals surface area contributed by atoms with Gasteiger partial charge in [0.25, 0.3) is 7.47 Å². The van der Waals surface area contributed by atoms with Crippen LogP contribution in [0.1, 0.15) is 6.42 Å². The molecule has 0 aromatic carbocycles. The molecule has 2 fully saturated rings. The van der Waals surface area contributed by atoms with Crippen molar-refractivity contribution in [2.45, 2.75) is 25.1 Å². The maximum atomic E-state index is 5.33. The van der Waals surface area contributed by atoms with Crippen molar-refractivity contribution in [3.8, 4) is 0 Å². The van der Waals surface area contributed by atoms with Crippen LogP contribution in [0.2, 0.25) is 18.6 Å². The summed E-state index contributed by atoms with van der Waals surface area (Å²) in [5.74, 6) is 2.55. The Kier molecular flexibility index (Phi) is 6.42. The van der Waals surface area contributed by atoms with E-state index in [-0.39, 0.29) is 0 Å². The third-order valence-electron chi connectivity index (χ3n) is 2.97. The van der Waals surface area contributed by atoms with Crippen LogP contribution in [0.4, 0.5) is 0 Å². The maximum absolute atomic E-state index is 5.33. The van der Waals surface area contributed by atoms with Gasteiger partial charge in [0.1, 0.15) is 0 Å². The van der Waals surface area contributed by atoms with Crippen LogP contribution in [0.15, 0.2) is 0 Å². The summed E-state index contributed by atoms with van der Waals surface area (Å²) in [7, 11) is 2.63. The number of hydrogen-bond acceptors (Lipinski definition) is 5. The van der Waals surface area contributed by atoms with Crippen LogP contribution in [-0.2, 0) is 13.3 Å². The molecular formula is C9H22O3S2Si2. The van der Waals surface area contributed by atoms with E-state index in [1.54, 1.807) is 14.2 Å². The Bertz CT molecular complexity index is 197. The van der Waals surface area contributed by atoms with Crippen molar-refractivity contribution in [1.82, 2.24) is 0 Å². The first kappa shape index (κ1) is 15.1. The van der Waals surface area contributed by atoms with Crippen molar-refractivity contribution in [3.63, 3.8) is 0 Å². The number of rotatable bonds is 3. The second-order valence-corrected chi connectivity index (χ2v) is 17.4. The second kappa shape index (κ2) is 6.82. The zero-order valence-corrected chi connectivity index (χ0v) is 14.2. The van der Waals surface area contributed by atoms with Gasteiger partial charge in [0, 0.05) is 27.4 Å². The minimum Gasteiger partial charge on any atom is -0.410 e. The normalized spacial score (nSPS) is 31.5. The van der Waals surface area contributed by atoms with E-state index in [0.717, 1.165) is 6.04 Å². The zero-order chi connectivity index (χ0) is 12.1. The fraction of sp³-hybridized carbons (Fsp3) is 1.00. The first-order valence-corrected chi connectivity index (χ1v) is 13.6. The fourth-order valence-electron chi connectivity index (χ4n) is 1.54. The Morgan fingerprint density at radius 1 is 0.875 bits per heavy atom. The standard InChI is InChI=1S/C5H12O2SSi.C4H10OSSi/c1-6-9(7-2)5-3-4-8-9;1-5-7(2)4-3-6-7/h3-5H2,1-2H3;3-4H2,1-2H3. The van der Waals surface area contributed by atoms with Crippen LogP contribution < -0.4 is 0 Å². The Labute approximate surface area is 109 Å². The van der Waals surface area contributed by atoms with Crippen LogP contribution >= 0.6 is 22.4 Å². The molecule has 2 saturated heterocycles. The molecule has 1 unspecified atom stereocenters. The third kappa shape index (κ3) is 4.04. The molecule has 0 amide bonds. The van der Waals surface area contributed by atoms with E-state index in [1.807, 2.05) is 29.5 Å². The average Bonchev–Trinajstić information content (AvgIpc) is 2.76. The van der Waals surface area contributed by atoms with E-state index in [2.05, 4.69) is 6.55 Å². The molecule has 0 bridgehead atoms. The smallest absolute Gasteiger partial charge is 0.405 e. The van der Waals surface area contributed by atoms with Gasteiger partial charge in [-0.25, -0.2) is 0 Å². The van der Waals surface area contributed by atoms with Gasteiger partial charge >= 0.3 is 7.71 Å². The summed E-state index contributed by atoms with van der Waals surface area (Å²) >= 11 is 3.91. The Balaban J connectivity index is 0.000000165. The first-order chi connectivity index (χ1) is 7.60. The average molecular weight is 299 g/mol.